The summed E-state index contributed by atoms with van der Waals surface area (Å²) in [5.74, 6) is 1.21. The molecular weight excluding hydrogens is 613 g/mol. The van der Waals surface area contributed by atoms with Crippen molar-refractivity contribution >= 4 is 0 Å². The first-order valence-electron chi connectivity index (χ1n) is 18.9. The fraction of sp³-hybridized carbons (Fsp3) is 0.176. The van der Waals surface area contributed by atoms with Crippen LogP contribution in [0.3, 0.4) is 0 Å². The number of fused-ring (bicyclic) bond motifs is 9. The SMILES string of the molecule is CCC1c2ccccc2-c2ccc(Cc3ccc4c(c3)C(c3ccccc3)c3cc(Cc5ccc6c(c5)C(CC)c5ccccc5-6)ccc3-4)cc21. The normalized spacial score (nSPS) is 17.3. The van der Waals surface area contributed by atoms with Crippen molar-refractivity contribution in [1.82, 2.24) is 0 Å². The van der Waals surface area contributed by atoms with E-state index in [-0.39, 0.29) is 5.92 Å². The summed E-state index contributed by atoms with van der Waals surface area (Å²) >= 11 is 0. The lowest BCUT2D eigenvalue weighted by atomic mass is 9.87. The van der Waals surface area contributed by atoms with Crippen LogP contribution in [0.15, 0.2) is 152 Å². The summed E-state index contributed by atoms with van der Waals surface area (Å²) in [6.07, 6.45) is 4.14. The van der Waals surface area contributed by atoms with Crippen LogP contribution in [0.5, 0.6) is 0 Å². The largest absolute Gasteiger partial charge is 0.0645 e. The van der Waals surface area contributed by atoms with Gasteiger partial charge in [0.15, 0.2) is 0 Å². The van der Waals surface area contributed by atoms with E-state index in [4.69, 9.17) is 0 Å². The standard InChI is InChI=1S/C51H42/c1-3-37-39-14-8-10-16-41(39)43-22-18-32(28-47(37)43)26-34-20-24-45-46-25-21-35(31-50(46)51(49(45)30-34)36-12-6-5-7-13-36)27-33-19-23-44-42-17-11-9-15-40(42)38(4-2)48(44)29-33/h5-25,28-31,37-38,51H,3-4,26-27H2,1-2H3. The zero-order valence-corrected chi connectivity index (χ0v) is 29.5. The highest BCUT2D eigenvalue weighted by molar-refractivity contribution is 5.83. The highest BCUT2D eigenvalue weighted by Crippen LogP contribution is 2.50. The summed E-state index contributed by atoms with van der Waals surface area (Å²) < 4.78 is 0. The molecule has 10 rings (SSSR count). The first-order valence-corrected chi connectivity index (χ1v) is 18.9. The predicted molar refractivity (Wildman–Crippen MR) is 213 cm³/mol. The lowest BCUT2D eigenvalue weighted by Gasteiger charge is -2.17. The van der Waals surface area contributed by atoms with E-state index in [1.54, 1.807) is 0 Å². The monoisotopic (exact) mass is 654 g/mol. The number of hydrogen-bond acceptors (Lipinski definition) is 0. The van der Waals surface area contributed by atoms with Crippen molar-refractivity contribution in [2.24, 2.45) is 0 Å². The van der Waals surface area contributed by atoms with Crippen molar-refractivity contribution in [2.45, 2.75) is 57.3 Å². The predicted octanol–water partition coefficient (Wildman–Crippen LogP) is 13.1. The quantitative estimate of drug-likeness (QED) is 0.160. The van der Waals surface area contributed by atoms with Gasteiger partial charge in [-0.25, -0.2) is 0 Å². The molecule has 0 fully saturated rings. The van der Waals surface area contributed by atoms with Gasteiger partial charge in [0.1, 0.15) is 0 Å². The van der Waals surface area contributed by atoms with Crippen molar-refractivity contribution in [2.75, 3.05) is 0 Å². The van der Waals surface area contributed by atoms with Crippen LogP contribution in [-0.4, -0.2) is 0 Å². The Balaban J connectivity index is 0.979. The molecule has 0 saturated carbocycles. The number of benzene rings is 7. The van der Waals surface area contributed by atoms with Gasteiger partial charge < -0.3 is 0 Å². The van der Waals surface area contributed by atoms with E-state index in [0.29, 0.717) is 11.8 Å². The van der Waals surface area contributed by atoms with Crippen molar-refractivity contribution in [1.29, 1.82) is 0 Å². The molecule has 0 saturated heterocycles. The fourth-order valence-electron chi connectivity index (χ4n) is 9.87. The topological polar surface area (TPSA) is 0 Å². The van der Waals surface area contributed by atoms with Gasteiger partial charge in [0, 0.05) is 17.8 Å². The Bertz CT molecular complexity index is 2310. The maximum absolute atomic E-state index is 2.51. The summed E-state index contributed by atoms with van der Waals surface area (Å²) in [5.41, 5.74) is 24.2. The van der Waals surface area contributed by atoms with Crippen molar-refractivity contribution in [3.8, 4) is 33.4 Å². The van der Waals surface area contributed by atoms with E-state index >= 15 is 0 Å². The third kappa shape index (κ3) is 4.88. The van der Waals surface area contributed by atoms with Gasteiger partial charge in [-0.15, -0.1) is 0 Å². The molecule has 51 heavy (non-hydrogen) atoms. The van der Waals surface area contributed by atoms with E-state index in [2.05, 4.69) is 166 Å². The second-order valence-electron chi connectivity index (χ2n) is 15.0. The Labute approximate surface area is 302 Å². The van der Waals surface area contributed by atoms with Crippen LogP contribution in [0.2, 0.25) is 0 Å². The van der Waals surface area contributed by atoms with Crippen molar-refractivity contribution in [3.05, 3.63) is 213 Å². The third-order valence-corrected chi connectivity index (χ3v) is 12.1. The van der Waals surface area contributed by atoms with E-state index in [1.165, 1.54) is 94.6 Å². The Morgan fingerprint density at radius 3 is 1.12 bits per heavy atom. The first-order chi connectivity index (χ1) is 25.2. The molecule has 0 aliphatic heterocycles. The summed E-state index contributed by atoms with van der Waals surface area (Å²) in [6.45, 7) is 4.65. The highest BCUT2D eigenvalue weighted by Gasteiger charge is 2.32. The minimum Gasteiger partial charge on any atom is -0.0645 e. The van der Waals surface area contributed by atoms with Crippen molar-refractivity contribution < 1.29 is 0 Å². The molecule has 0 N–H and O–H groups in total. The van der Waals surface area contributed by atoms with Crippen LogP contribution in [-0.2, 0) is 12.8 Å². The van der Waals surface area contributed by atoms with Gasteiger partial charge in [-0.2, -0.15) is 0 Å². The second-order valence-corrected chi connectivity index (χ2v) is 15.0. The summed E-state index contributed by atoms with van der Waals surface area (Å²) in [5, 5.41) is 0. The zero-order valence-electron chi connectivity index (χ0n) is 29.5. The third-order valence-electron chi connectivity index (χ3n) is 12.1. The molecule has 7 aromatic carbocycles. The molecule has 3 aliphatic carbocycles. The number of hydrogen-bond donors (Lipinski definition) is 0. The lowest BCUT2D eigenvalue weighted by Crippen LogP contribution is -2.01. The average Bonchev–Trinajstić information content (AvgIpc) is 3.79. The lowest BCUT2D eigenvalue weighted by molar-refractivity contribution is 0.796. The van der Waals surface area contributed by atoms with Gasteiger partial charge in [0.2, 0.25) is 0 Å². The minimum absolute atomic E-state index is 0.231. The average molecular weight is 655 g/mol. The van der Waals surface area contributed by atoms with Crippen LogP contribution in [0.1, 0.15) is 106 Å². The van der Waals surface area contributed by atoms with E-state index < -0.39 is 0 Å². The molecule has 0 heteroatoms. The van der Waals surface area contributed by atoms with Gasteiger partial charge >= 0.3 is 0 Å². The molecule has 0 aromatic heterocycles. The van der Waals surface area contributed by atoms with Crippen LogP contribution < -0.4 is 0 Å². The van der Waals surface area contributed by atoms with Gasteiger partial charge in [-0.05, 0) is 120 Å². The Morgan fingerprint density at radius 1 is 0.333 bits per heavy atom. The van der Waals surface area contributed by atoms with Crippen LogP contribution in [0.25, 0.3) is 33.4 Å². The van der Waals surface area contributed by atoms with Gasteiger partial charge in [-0.3, -0.25) is 0 Å². The summed E-state index contributed by atoms with van der Waals surface area (Å²) in [4.78, 5) is 0. The molecule has 0 nitrogen and oxygen atoms in total. The summed E-state index contributed by atoms with van der Waals surface area (Å²) in [7, 11) is 0. The molecule has 3 aliphatic rings. The van der Waals surface area contributed by atoms with Gasteiger partial charge in [0.05, 0.1) is 0 Å². The molecule has 246 valence electrons. The molecule has 7 aromatic rings. The van der Waals surface area contributed by atoms with E-state index in [0.717, 1.165) is 25.7 Å². The Hall–Kier alpha value is -5.46. The van der Waals surface area contributed by atoms with E-state index in [1.807, 2.05) is 0 Å². The molecule has 0 bridgehead atoms. The molecule has 2 unspecified atom stereocenters. The van der Waals surface area contributed by atoms with Crippen molar-refractivity contribution in [3.63, 3.8) is 0 Å². The van der Waals surface area contributed by atoms with E-state index in [9.17, 15) is 0 Å². The molecule has 0 radical (unpaired) electrons. The second kappa shape index (κ2) is 12.1. The summed E-state index contributed by atoms with van der Waals surface area (Å²) in [6, 6.07) is 58.1. The zero-order chi connectivity index (χ0) is 34.1. The van der Waals surface area contributed by atoms with Gasteiger partial charge in [0.25, 0.3) is 0 Å². The Morgan fingerprint density at radius 2 is 0.686 bits per heavy atom. The molecular formula is C51H42. The number of rotatable bonds is 7. The molecule has 0 spiro atoms. The molecule has 2 atom stereocenters. The maximum Gasteiger partial charge on any atom is 0.0352 e. The van der Waals surface area contributed by atoms with Crippen LogP contribution >= 0.6 is 0 Å². The highest BCUT2D eigenvalue weighted by atomic mass is 14.3. The van der Waals surface area contributed by atoms with Crippen LogP contribution in [0, 0.1) is 0 Å². The molecule has 0 heterocycles. The van der Waals surface area contributed by atoms with Crippen LogP contribution in [0.4, 0.5) is 0 Å². The van der Waals surface area contributed by atoms with Gasteiger partial charge in [-0.1, -0.05) is 166 Å². The first kappa shape index (κ1) is 30.4. The molecule has 0 amide bonds. The Kier molecular flexibility index (Phi) is 7.20. The fourth-order valence-corrected chi connectivity index (χ4v) is 9.87. The smallest absolute Gasteiger partial charge is 0.0352 e. The minimum atomic E-state index is 0.231. The maximum atomic E-state index is 2.51.